The first-order valence-corrected chi connectivity index (χ1v) is 5.82. The highest BCUT2D eigenvalue weighted by atomic mass is 35.5. The monoisotopic (exact) mass is 224 g/mol. The SMILES string of the molecule is Cc1ccccc1OC1CC(Cl)C1(C)C. The van der Waals surface area contributed by atoms with Gasteiger partial charge in [-0.1, -0.05) is 32.0 Å². The van der Waals surface area contributed by atoms with Crippen molar-refractivity contribution in [2.75, 3.05) is 0 Å². The van der Waals surface area contributed by atoms with Gasteiger partial charge in [-0.2, -0.15) is 0 Å². The molecule has 0 saturated heterocycles. The van der Waals surface area contributed by atoms with Crippen molar-refractivity contribution < 1.29 is 4.74 Å². The molecule has 1 aromatic carbocycles. The molecule has 0 N–H and O–H groups in total. The Balaban J connectivity index is 2.08. The second-order valence-electron chi connectivity index (χ2n) is 4.90. The van der Waals surface area contributed by atoms with Crippen LogP contribution in [0.5, 0.6) is 5.75 Å². The van der Waals surface area contributed by atoms with E-state index in [1.54, 1.807) is 0 Å². The second-order valence-corrected chi connectivity index (χ2v) is 5.42. The van der Waals surface area contributed by atoms with Gasteiger partial charge in [-0.05, 0) is 18.6 Å². The molecule has 0 heterocycles. The largest absolute Gasteiger partial charge is 0.489 e. The molecular weight excluding hydrogens is 208 g/mol. The minimum absolute atomic E-state index is 0.0871. The number of halogens is 1. The second kappa shape index (κ2) is 3.71. The molecule has 0 aliphatic heterocycles. The average molecular weight is 225 g/mol. The molecule has 0 spiro atoms. The molecule has 0 radical (unpaired) electrons. The van der Waals surface area contributed by atoms with Crippen LogP contribution in [0.1, 0.15) is 25.8 Å². The minimum Gasteiger partial charge on any atom is -0.489 e. The zero-order chi connectivity index (χ0) is 11.1. The number of aryl methyl sites for hydroxylation is 1. The van der Waals surface area contributed by atoms with Gasteiger partial charge in [0.25, 0.3) is 0 Å². The Kier molecular flexibility index (Phi) is 2.68. The van der Waals surface area contributed by atoms with Crippen molar-refractivity contribution in [3.05, 3.63) is 29.8 Å². The predicted molar refractivity (Wildman–Crippen MR) is 63.6 cm³/mol. The zero-order valence-electron chi connectivity index (χ0n) is 9.46. The fourth-order valence-electron chi connectivity index (χ4n) is 1.88. The Hall–Kier alpha value is -0.690. The van der Waals surface area contributed by atoms with Crippen LogP contribution >= 0.6 is 11.6 Å². The van der Waals surface area contributed by atoms with Gasteiger partial charge in [0.2, 0.25) is 0 Å². The summed E-state index contributed by atoms with van der Waals surface area (Å²) in [7, 11) is 0. The Labute approximate surface area is 96.4 Å². The first kappa shape index (κ1) is 10.8. The molecule has 1 aliphatic carbocycles. The topological polar surface area (TPSA) is 9.23 Å². The van der Waals surface area contributed by atoms with Crippen LogP contribution < -0.4 is 4.74 Å². The van der Waals surface area contributed by atoms with E-state index in [-0.39, 0.29) is 16.9 Å². The summed E-state index contributed by atoms with van der Waals surface area (Å²) in [5.41, 5.74) is 1.27. The normalized spacial score (nSPS) is 28.3. The fourth-order valence-corrected chi connectivity index (χ4v) is 2.18. The van der Waals surface area contributed by atoms with Crippen molar-refractivity contribution >= 4 is 11.6 Å². The van der Waals surface area contributed by atoms with Crippen LogP contribution in [-0.2, 0) is 0 Å². The number of ether oxygens (including phenoxy) is 1. The van der Waals surface area contributed by atoms with Gasteiger partial charge >= 0.3 is 0 Å². The lowest BCUT2D eigenvalue weighted by molar-refractivity contribution is -0.0134. The zero-order valence-corrected chi connectivity index (χ0v) is 10.2. The summed E-state index contributed by atoms with van der Waals surface area (Å²) in [6.45, 7) is 6.40. The summed E-state index contributed by atoms with van der Waals surface area (Å²) in [6.07, 6.45) is 1.20. The fraction of sp³-hybridized carbons (Fsp3) is 0.538. The van der Waals surface area contributed by atoms with Gasteiger partial charge in [-0.3, -0.25) is 0 Å². The average Bonchev–Trinajstić information content (AvgIpc) is 2.20. The predicted octanol–water partition coefficient (Wildman–Crippen LogP) is 3.78. The Morgan fingerprint density at radius 3 is 2.53 bits per heavy atom. The lowest BCUT2D eigenvalue weighted by Crippen LogP contribution is -2.53. The van der Waals surface area contributed by atoms with E-state index in [4.69, 9.17) is 16.3 Å². The van der Waals surface area contributed by atoms with E-state index in [1.807, 2.05) is 18.2 Å². The van der Waals surface area contributed by atoms with E-state index in [2.05, 4.69) is 26.8 Å². The van der Waals surface area contributed by atoms with Gasteiger partial charge in [0, 0.05) is 17.2 Å². The maximum atomic E-state index is 6.16. The number of para-hydroxylation sites is 1. The van der Waals surface area contributed by atoms with Crippen LogP contribution in [0.15, 0.2) is 24.3 Å². The van der Waals surface area contributed by atoms with Crippen LogP contribution in [0, 0.1) is 12.3 Å². The van der Waals surface area contributed by atoms with Gasteiger partial charge in [-0.25, -0.2) is 0 Å². The third-order valence-corrected chi connectivity index (χ3v) is 4.16. The molecule has 0 bridgehead atoms. The van der Waals surface area contributed by atoms with Crippen molar-refractivity contribution in [1.29, 1.82) is 0 Å². The molecule has 2 atom stereocenters. The minimum atomic E-state index is 0.0871. The lowest BCUT2D eigenvalue weighted by Gasteiger charge is -2.48. The van der Waals surface area contributed by atoms with Gasteiger partial charge in [0.15, 0.2) is 0 Å². The van der Waals surface area contributed by atoms with Crippen molar-refractivity contribution in [2.45, 2.75) is 38.7 Å². The van der Waals surface area contributed by atoms with E-state index in [9.17, 15) is 0 Å². The Morgan fingerprint density at radius 1 is 1.33 bits per heavy atom. The van der Waals surface area contributed by atoms with E-state index >= 15 is 0 Å². The quantitative estimate of drug-likeness (QED) is 0.695. The number of hydrogen-bond acceptors (Lipinski definition) is 1. The summed E-state index contributed by atoms with van der Waals surface area (Å²) in [4.78, 5) is 0. The molecular formula is C13H17ClO. The summed E-state index contributed by atoms with van der Waals surface area (Å²) >= 11 is 6.16. The lowest BCUT2D eigenvalue weighted by atomic mass is 9.68. The van der Waals surface area contributed by atoms with Crippen molar-refractivity contribution in [1.82, 2.24) is 0 Å². The molecule has 2 unspecified atom stereocenters. The third-order valence-electron chi connectivity index (χ3n) is 3.42. The number of rotatable bonds is 2. The van der Waals surface area contributed by atoms with Gasteiger partial charge in [0.05, 0.1) is 0 Å². The molecule has 1 aliphatic rings. The smallest absolute Gasteiger partial charge is 0.122 e. The summed E-state index contributed by atoms with van der Waals surface area (Å²) < 4.78 is 5.98. The molecule has 1 saturated carbocycles. The van der Waals surface area contributed by atoms with E-state index < -0.39 is 0 Å². The molecule has 82 valence electrons. The summed E-state index contributed by atoms with van der Waals surface area (Å²) in [5, 5.41) is 0.242. The molecule has 15 heavy (non-hydrogen) atoms. The molecule has 2 heteroatoms. The highest BCUT2D eigenvalue weighted by Gasteiger charge is 2.49. The molecule has 1 fully saturated rings. The molecule has 1 aromatic rings. The van der Waals surface area contributed by atoms with Crippen LogP contribution in [-0.4, -0.2) is 11.5 Å². The highest BCUT2D eigenvalue weighted by molar-refractivity contribution is 6.21. The van der Waals surface area contributed by atoms with Crippen LogP contribution in [0.2, 0.25) is 0 Å². The van der Waals surface area contributed by atoms with E-state index in [0.29, 0.717) is 0 Å². The van der Waals surface area contributed by atoms with Crippen LogP contribution in [0.25, 0.3) is 0 Å². The maximum absolute atomic E-state index is 6.16. The Bertz CT molecular complexity index is 359. The van der Waals surface area contributed by atoms with E-state index in [1.165, 1.54) is 5.56 Å². The number of alkyl halides is 1. The summed E-state index contributed by atoms with van der Waals surface area (Å²) in [6, 6.07) is 8.12. The first-order valence-electron chi connectivity index (χ1n) is 5.38. The van der Waals surface area contributed by atoms with Crippen molar-refractivity contribution in [3.63, 3.8) is 0 Å². The number of benzene rings is 1. The van der Waals surface area contributed by atoms with Crippen molar-refractivity contribution in [3.8, 4) is 5.75 Å². The summed E-state index contributed by atoms with van der Waals surface area (Å²) in [5.74, 6) is 0.985. The highest BCUT2D eigenvalue weighted by Crippen LogP contribution is 2.46. The van der Waals surface area contributed by atoms with Gasteiger partial charge in [-0.15, -0.1) is 11.6 Å². The Morgan fingerprint density at radius 2 is 2.00 bits per heavy atom. The maximum Gasteiger partial charge on any atom is 0.122 e. The van der Waals surface area contributed by atoms with Crippen LogP contribution in [0.4, 0.5) is 0 Å². The van der Waals surface area contributed by atoms with Crippen molar-refractivity contribution in [2.24, 2.45) is 5.41 Å². The molecule has 1 nitrogen and oxygen atoms in total. The first-order chi connectivity index (χ1) is 7.01. The molecule has 2 rings (SSSR count). The van der Waals surface area contributed by atoms with Crippen LogP contribution in [0.3, 0.4) is 0 Å². The third kappa shape index (κ3) is 1.85. The van der Waals surface area contributed by atoms with E-state index in [0.717, 1.165) is 12.2 Å². The molecule has 0 aromatic heterocycles. The number of hydrogen-bond donors (Lipinski definition) is 0. The van der Waals surface area contributed by atoms with Gasteiger partial charge in [0.1, 0.15) is 11.9 Å². The molecule has 0 amide bonds. The van der Waals surface area contributed by atoms with Gasteiger partial charge < -0.3 is 4.74 Å². The standard InChI is InChI=1S/C13H17ClO/c1-9-6-4-5-7-10(9)15-12-8-11(14)13(12,2)3/h4-7,11-12H,8H2,1-3H3.